The molecule has 2 aromatic carbocycles. The van der Waals surface area contributed by atoms with Gasteiger partial charge < -0.3 is 9.47 Å². The molecule has 3 heterocycles. The van der Waals surface area contributed by atoms with Crippen LogP contribution in [0.2, 0.25) is 0 Å². The third-order valence-electron chi connectivity index (χ3n) is 5.45. The van der Waals surface area contributed by atoms with Gasteiger partial charge in [0.15, 0.2) is 5.76 Å². The van der Waals surface area contributed by atoms with E-state index in [1.807, 2.05) is 42.6 Å². The maximum absolute atomic E-state index is 13.1. The molecule has 0 saturated heterocycles. The SMILES string of the molecule is Cc1c2c(cc3c1O/C(=C\c1cccs1)C3=O)CN(CCc1ccc(F)cc1)CO2. The Morgan fingerprint density at radius 2 is 2.03 bits per heavy atom. The van der Waals surface area contributed by atoms with E-state index in [4.69, 9.17) is 9.47 Å². The van der Waals surface area contributed by atoms with Gasteiger partial charge in [-0.2, -0.15) is 0 Å². The van der Waals surface area contributed by atoms with Crippen molar-refractivity contribution in [2.45, 2.75) is 19.9 Å². The molecule has 30 heavy (non-hydrogen) atoms. The maximum Gasteiger partial charge on any atom is 0.232 e. The fourth-order valence-electron chi connectivity index (χ4n) is 3.88. The summed E-state index contributed by atoms with van der Waals surface area (Å²) in [6.07, 6.45) is 2.60. The number of nitrogens with zero attached hydrogens (tertiary/aromatic N) is 1. The molecule has 6 heteroatoms. The second-order valence-electron chi connectivity index (χ2n) is 7.52. The minimum absolute atomic E-state index is 0.0901. The molecule has 4 nitrogen and oxygen atoms in total. The summed E-state index contributed by atoms with van der Waals surface area (Å²) in [5.41, 5.74) is 3.53. The van der Waals surface area contributed by atoms with Crippen LogP contribution in [-0.4, -0.2) is 24.0 Å². The zero-order valence-corrected chi connectivity index (χ0v) is 17.3. The highest BCUT2D eigenvalue weighted by Gasteiger charge is 2.33. The number of allylic oxidation sites excluding steroid dienone is 1. The van der Waals surface area contributed by atoms with Gasteiger partial charge in [0.1, 0.15) is 24.0 Å². The van der Waals surface area contributed by atoms with Crippen molar-refractivity contribution in [2.75, 3.05) is 13.3 Å². The topological polar surface area (TPSA) is 38.8 Å². The van der Waals surface area contributed by atoms with E-state index >= 15 is 0 Å². The number of benzene rings is 2. The second kappa shape index (κ2) is 7.70. The molecule has 2 aliphatic rings. The van der Waals surface area contributed by atoms with Gasteiger partial charge in [-0.3, -0.25) is 9.69 Å². The molecule has 152 valence electrons. The summed E-state index contributed by atoms with van der Waals surface area (Å²) in [6.45, 7) is 3.89. The smallest absolute Gasteiger partial charge is 0.232 e. The lowest BCUT2D eigenvalue weighted by molar-refractivity contribution is 0.0954. The van der Waals surface area contributed by atoms with E-state index in [-0.39, 0.29) is 11.6 Å². The van der Waals surface area contributed by atoms with E-state index in [1.165, 1.54) is 12.1 Å². The molecule has 0 bridgehead atoms. The largest absolute Gasteiger partial charge is 0.477 e. The Bertz CT molecular complexity index is 1140. The molecular weight excluding hydrogens is 401 g/mol. The first kappa shape index (κ1) is 19.0. The zero-order chi connectivity index (χ0) is 20.7. The number of hydrogen-bond acceptors (Lipinski definition) is 5. The molecule has 0 spiro atoms. The van der Waals surface area contributed by atoms with Crippen LogP contribution in [0.15, 0.2) is 53.6 Å². The number of carbonyl (C=O) groups is 1. The first-order chi connectivity index (χ1) is 14.6. The molecule has 0 unspecified atom stereocenters. The fraction of sp³-hybridized carbons (Fsp3) is 0.208. The number of Topliss-reactive ketones (excluding diaryl/α,β-unsaturated/α-hetero) is 1. The lowest BCUT2D eigenvalue weighted by Gasteiger charge is -2.30. The van der Waals surface area contributed by atoms with E-state index in [0.717, 1.165) is 40.3 Å². The molecule has 2 aliphatic heterocycles. The minimum atomic E-state index is -0.224. The quantitative estimate of drug-likeness (QED) is 0.543. The van der Waals surface area contributed by atoms with Crippen LogP contribution in [0, 0.1) is 12.7 Å². The minimum Gasteiger partial charge on any atom is -0.477 e. The molecule has 1 aromatic heterocycles. The van der Waals surface area contributed by atoms with Gasteiger partial charge in [-0.1, -0.05) is 18.2 Å². The Kier molecular flexibility index (Phi) is 4.89. The highest BCUT2D eigenvalue weighted by molar-refractivity contribution is 7.10. The van der Waals surface area contributed by atoms with Gasteiger partial charge in [-0.05, 0) is 48.6 Å². The van der Waals surface area contributed by atoms with Gasteiger partial charge in [0.05, 0.1) is 5.56 Å². The van der Waals surface area contributed by atoms with Gasteiger partial charge in [0.2, 0.25) is 5.78 Å². The van der Waals surface area contributed by atoms with Gasteiger partial charge in [-0.25, -0.2) is 4.39 Å². The van der Waals surface area contributed by atoms with Crippen LogP contribution in [-0.2, 0) is 13.0 Å². The second-order valence-corrected chi connectivity index (χ2v) is 8.50. The number of hydrogen-bond donors (Lipinski definition) is 0. The summed E-state index contributed by atoms with van der Waals surface area (Å²) in [4.78, 5) is 16.1. The number of fused-ring (bicyclic) bond motifs is 2. The van der Waals surface area contributed by atoms with Crippen LogP contribution in [0.5, 0.6) is 11.5 Å². The average molecular weight is 421 g/mol. The number of carbonyl (C=O) groups excluding carboxylic acids is 1. The molecule has 0 saturated carbocycles. The predicted octanol–water partition coefficient (Wildman–Crippen LogP) is 5.21. The van der Waals surface area contributed by atoms with Crippen molar-refractivity contribution in [1.82, 2.24) is 4.90 Å². The van der Waals surface area contributed by atoms with E-state index in [2.05, 4.69) is 4.90 Å². The molecule has 0 N–H and O–H groups in total. The first-order valence-corrected chi connectivity index (χ1v) is 10.7. The third-order valence-corrected chi connectivity index (χ3v) is 6.27. The van der Waals surface area contributed by atoms with Crippen molar-refractivity contribution in [2.24, 2.45) is 0 Å². The van der Waals surface area contributed by atoms with Crippen LogP contribution >= 0.6 is 11.3 Å². The standard InChI is InChI=1S/C24H20FNO3S/c1-15-23-17(13-26(14-28-23)9-8-16-4-6-18(25)7-5-16)11-20-22(27)21(29-24(15)20)12-19-3-2-10-30-19/h2-7,10-12H,8-9,13-14H2,1H3/b21-12-. The monoisotopic (exact) mass is 421 g/mol. The van der Waals surface area contributed by atoms with E-state index in [1.54, 1.807) is 17.4 Å². The van der Waals surface area contributed by atoms with Crippen molar-refractivity contribution < 1.29 is 18.7 Å². The fourth-order valence-corrected chi connectivity index (χ4v) is 4.53. The van der Waals surface area contributed by atoms with Crippen molar-refractivity contribution in [3.05, 3.63) is 86.6 Å². The van der Waals surface area contributed by atoms with Crippen LogP contribution < -0.4 is 9.47 Å². The Morgan fingerprint density at radius 3 is 2.80 bits per heavy atom. The normalized spacial score (nSPS) is 16.9. The molecule has 3 aromatic rings. The lowest BCUT2D eigenvalue weighted by atomic mass is 10.00. The summed E-state index contributed by atoms with van der Waals surface area (Å²) in [5, 5.41) is 1.97. The van der Waals surface area contributed by atoms with Crippen molar-refractivity contribution >= 4 is 23.2 Å². The number of ketones is 1. The summed E-state index contributed by atoms with van der Waals surface area (Å²) >= 11 is 1.56. The number of rotatable bonds is 4. The van der Waals surface area contributed by atoms with Crippen molar-refractivity contribution in [1.29, 1.82) is 0 Å². The maximum atomic E-state index is 13.1. The van der Waals surface area contributed by atoms with Crippen molar-refractivity contribution in [3.8, 4) is 11.5 Å². The molecule has 0 radical (unpaired) electrons. The van der Waals surface area contributed by atoms with Gasteiger partial charge >= 0.3 is 0 Å². The van der Waals surface area contributed by atoms with Crippen LogP contribution in [0.3, 0.4) is 0 Å². The Hall–Kier alpha value is -2.96. The molecule has 5 rings (SSSR count). The van der Waals surface area contributed by atoms with Crippen molar-refractivity contribution in [3.63, 3.8) is 0 Å². The van der Waals surface area contributed by atoms with Gasteiger partial charge in [0, 0.05) is 35.2 Å². The van der Waals surface area contributed by atoms with E-state index < -0.39 is 0 Å². The lowest BCUT2D eigenvalue weighted by Crippen LogP contribution is -2.34. The molecule has 0 fully saturated rings. The van der Waals surface area contributed by atoms with E-state index in [0.29, 0.717) is 30.3 Å². The average Bonchev–Trinajstić information content (AvgIpc) is 3.37. The summed E-state index contributed by atoms with van der Waals surface area (Å²) in [5.74, 6) is 1.44. The third kappa shape index (κ3) is 3.53. The highest BCUT2D eigenvalue weighted by atomic mass is 32.1. The molecular formula is C24H20FNO3S. The van der Waals surface area contributed by atoms with Crippen LogP contribution in [0.1, 0.15) is 31.9 Å². The first-order valence-electron chi connectivity index (χ1n) is 9.82. The Balaban J connectivity index is 1.35. The number of thiophene rings is 1. The molecule has 0 aliphatic carbocycles. The molecule has 0 atom stereocenters. The summed E-state index contributed by atoms with van der Waals surface area (Å²) < 4.78 is 25.0. The molecule has 0 amide bonds. The summed E-state index contributed by atoms with van der Waals surface area (Å²) in [6, 6.07) is 12.4. The highest BCUT2D eigenvalue weighted by Crippen LogP contribution is 2.43. The van der Waals surface area contributed by atoms with E-state index in [9.17, 15) is 9.18 Å². The summed E-state index contributed by atoms with van der Waals surface area (Å²) in [7, 11) is 0. The van der Waals surface area contributed by atoms with Gasteiger partial charge in [0.25, 0.3) is 0 Å². The Labute approximate surface area is 178 Å². The van der Waals surface area contributed by atoms with Crippen LogP contribution in [0.25, 0.3) is 6.08 Å². The number of halogens is 1. The van der Waals surface area contributed by atoms with Crippen LogP contribution in [0.4, 0.5) is 4.39 Å². The zero-order valence-electron chi connectivity index (χ0n) is 16.5. The number of ether oxygens (including phenoxy) is 2. The van der Waals surface area contributed by atoms with Gasteiger partial charge in [-0.15, -0.1) is 11.3 Å². The predicted molar refractivity (Wildman–Crippen MR) is 114 cm³/mol. The Morgan fingerprint density at radius 1 is 1.20 bits per heavy atom.